The molecule has 0 fully saturated rings. The molecule has 0 aliphatic heterocycles. The third-order valence-electron chi connectivity index (χ3n) is 4.70. The molecule has 0 spiro atoms. The van der Waals surface area contributed by atoms with Gasteiger partial charge >= 0.3 is 12.1 Å². The highest BCUT2D eigenvalue weighted by Gasteiger charge is 2.24. The van der Waals surface area contributed by atoms with Crippen LogP contribution in [0.3, 0.4) is 0 Å². The fourth-order valence-corrected chi connectivity index (χ4v) is 3.08. The summed E-state index contributed by atoms with van der Waals surface area (Å²) in [6.07, 6.45) is -1.55. The summed E-state index contributed by atoms with van der Waals surface area (Å²) in [4.78, 5) is 20.9. The Morgan fingerprint density at radius 3 is 2.29 bits per heavy atom. The quantitative estimate of drug-likeness (QED) is 0.160. The zero-order chi connectivity index (χ0) is 24.5. The van der Waals surface area contributed by atoms with Gasteiger partial charge in [-0.15, -0.1) is 0 Å². The average Bonchev–Trinajstić information content (AvgIpc) is 2.78. The van der Waals surface area contributed by atoms with E-state index in [9.17, 15) is 26.7 Å². The zero-order valence-corrected chi connectivity index (χ0v) is 17.4. The fourth-order valence-electron chi connectivity index (χ4n) is 3.08. The van der Waals surface area contributed by atoms with E-state index < -0.39 is 29.3 Å². The average molecular weight is 468 g/mol. The van der Waals surface area contributed by atoms with Crippen LogP contribution in [0.1, 0.15) is 21.5 Å². The highest BCUT2D eigenvalue weighted by Crippen LogP contribution is 2.28. The van der Waals surface area contributed by atoms with E-state index >= 15 is 0 Å². The topological polar surface area (TPSA) is 52.1 Å². The standard InChI is InChI=1S/C25H13F5N2O2/c1-14-12-31-23(32-13-14)15-2-4-16(5-3-15)24(33)34-18-6-7-19-17(10-18)11-21(26)20(22(19)27)8-9-25(28,29)30/h2-7,10-13H,1H3. The number of esters is 1. The maximum absolute atomic E-state index is 14.5. The molecule has 4 nitrogen and oxygen atoms in total. The first-order valence-corrected chi connectivity index (χ1v) is 9.73. The second-order valence-electron chi connectivity index (χ2n) is 7.23. The summed E-state index contributed by atoms with van der Waals surface area (Å²) in [7, 11) is 0. The number of carbonyl (C=O) groups excluding carboxylic acids is 1. The molecule has 3 aromatic carbocycles. The normalized spacial score (nSPS) is 11.1. The Balaban J connectivity index is 1.56. The summed E-state index contributed by atoms with van der Waals surface area (Å²) < 4.78 is 70.9. The Kier molecular flexibility index (Phi) is 5.99. The second-order valence-corrected chi connectivity index (χ2v) is 7.23. The van der Waals surface area contributed by atoms with Gasteiger partial charge in [-0.1, -0.05) is 18.1 Å². The van der Waals surface area contributed by atoms with Crippen molar-refractivity contribution in [2.75, 3.05) is 0 Å². The SMILES string of the molecule is Cc1cnc(-c2ccc(C(=O)Oc3ccc4c(F)c(C#CC(F)(F)F)c(F)cc4c3)cc2)nc1. The molecule has 0 atom stereocenters. The summed E-state index contributed by atoms with van der Waals surface area (Å²) in [5, 5.41) is -0.181. The van der Waals surface area contributed by atoms with E-state index in [1.54, 1.807) is 24.5 Å². The van der Waals surface area contributed by atoms with Crippen molar-refractivity contribution in [3.63, 3.8) is 0 Å². The lowest BCUT2D eigenvalue weighted by Crippen LogP contribution is -2.08. The van der Waals surface area contributed by atoms with Gasteiger partial charge in [-0.05, 0) is 54.3 Å². The van der Waals surface area contributed by atoms with Crippen LogP contribution in [-0.4, -0.2) is 22.1 Å². The van der Waals surface area contributed by atoms with Gasteiger partial charge in [0, 0.05) is 29.3 Å². The molecular formula is C25H13F5N2O2. The minimum atomic E-state index is -4.89. The van der Waals surface area contributed by atoms with E-state index in [1.165, 1.54) is 36.3 Å². The number of rotatable bonds is 3. The van der Waals surface area contributed by atoms with Gasteiger partial charge in [0.05, 0.1) is 11.1 Å². The maximum atomic E-state index is 14.5. The predicted octanol–water partition coefficient (Wildman–Crippen LogP) is 6.02. The zero-order valence-electron chi connectivity index (χ0n) is 17.4. The molecular weight excluding hydrogens is 455 g/mol. The molecule has 170 valence electrons. The largest absolute Gasteiger partial charge is 0.458 e. The Labute approximate surface area is 190 Å². The molecule has 34 heavy (non-hydrogen) atoms. The molecule has 0 aliphatic rings. The summed E-state index contributed by atoms with van der Waals surface area (Å²) >= 11 is 0. The van der Waals surface area contributed by atoms with Crippen LogP contribution in [-0.2, 0) is 0 Å². The molecule has 9 heteroatoms. The van der Waals surface area contributed by atoms with Crippen molar-refractivity contribution in [1.29, 1.82) is 0 Å². The van der Waals surface area contributed by atoms with Crippen LogP contribution >= 0.6 is 0 Å². The van der Waals surface area contributed by atoms with Crippen LogP contribution in [0.15, 0.2) is 60.9 Å². The molecule has 0 bridgehead atoms. The number of alkyl halides is 3. The minimum Gasteiger partial charge on any atom is -0.423 e. The van der Waals surface area contributed by atoms with Crippen molar-refractivity contribution < 1.29 is 31.5 Å². The van der Waals surface area contributed by atoms with E-state index in [-0.39, 0.29) is 22.1 Å². The van der Waals surface area contributed by atoms with Gasteiger partial charge in [0.25, 0.3) is 0 Å². The lowest BCUT2D eigenvalue weighted by atomic mass is 10.0. The van der Waals surface area contributed by atoms with Gasteiger partial charge in [-0.2, -0.15) is 13.2 Å². The number of ether oxygens (including phenoxy) is 1. The van der Waals surface area contributed by atoms with E-state index in [2.05, 4.69) is 9.97 Å². The number of benzene rings is 3. The van der Waals surface area contributed by atoms with Crippen molar-refractivity contribution >= 4 is 16.7 Å². The first-order chi connectivity index (χ1) is 16.1. The van der Waals surface area contributed by atoms with Crippen LogP contribution in [0.5, 0.6) is 5.75 Å². The number of halogens is 5. The minimum absolute atomic E-state index is 0.00336. The van der Waals surface area contributed by atoms with Gasteiger partial charge in [-0.3, -0.25) is 0 Å². The molecule has 1 aromatic heterocycles. The number of carbonyl (C=O) groups is 1. The van der Waals surface area contributed by atoms with Gasteiger partial charge in [0.2, 0.25) is 0 Å². The molecule has 0 saturated heterocycles. The first-order valence-electron chi connectivity index (χ1n) is 9.73. The van der Waals surface area contributed by atoms with E-state index in [1.807, 2.05) is 6.92 Å². The molecule has 1 heterocycles. The third kappa shape index (κ3) is 5.02. The van der Waals surface area contributed by atoms with Gasteiger partial charge in [-0.25, -0.2) is 23.5 Å². The Bertz CT molecular complexity index is 1450. The van der Waals surface area contributed by atoms with Crippen LogP contribution < -0.4 is 4.74 Å². The number of hydrogen-bond donors (Lipinski definition) is 0. The summed E-state index contributed by atoms with van der Waals surface area (Å²) in [5.41, 5.74) is 0.820. The summed E-state index contributed by atoms with van der Waals surface area (Å²) in [6.45, 7) is 1.86. The summed E-state index contributed by atoms with van der Waals surface area (Å²) in [5.74, 6) is -0.403. The molecule has 0 N–H and O–H groups in total. The second kappa shape index (κ2) is 8.90. The lowest BCUT2D eigenvalue weighted by molar-refractivity contribution is -0.0696. The Morgan fingerprint density at radius 2 is 1.65 bits per heavy atom. The van der Waals surface area contributed by atoms with Crippen molar-refractivity contribution in [2.24, 2.45) is 0 Å². The van der Waals surface area contributed by atoms with Gasteiger partial charge in [0.1, 0.15) is 17.4 Å². The molecule has 0 radical (unpaired) electrons. The fraction of sp³-hybridized carbons (Fsp3) is 0.0800. The molecule has 0 aliphatic carbocycles. The number of aromatic nitrogens is 2. The predicted molar refractivity (Wildman–Crippen MR) is 114 cm³/mol. The van der Waals surface area contributed by atoms with E-state index in [4.69, 9.17) is 4.74 Å². The molecule has 0 unspecified atom stereocenters. The highest BCUT2D eigenvalue weighted by molar-refractivity contribution is 5.93. The Morgan fingerprint density at radius 1 is 0.971 bits per heavy atom. The number of aryl methyl sites for hydroxylation is 1. The molecule has 4 rings (SSSR count). The maximum Gasteiger partial charge on any atom is 0.458 e. The monoisotopic (exact) mass is 468 g/mol. The third-order valence-corrected chi connectivity index (χ3v) is 4.70. The van der Waals surface area contributed by atoms with Crippen LogP contribution in [0.4, 0.5) is 22.0 Å². The van der Waals surface area contributed by atoms with Crippen molar-refractivity contribution in [2.45, 2.75) is 13.1 Å². The highest BCUT2D eigenvalue weighted by atomic mass is 19.4. The first kappa shape index (κ1) is 22.9. The van der Waals surface area contributed by atoms with E-state index in [0.717, 1.165) is 17.6 Å². The van der Waals surface area contributed by atoms with Crippen molar-refractivity contribution in [3.8, 4) is 29.0 Å². The lowest BCUT2D eigenvalue weighted by Gasteiger charge is -2.08. The van der Waals surface area contributed by atoms with Crippen LogP contribution in [0.25, 0.3) is 22.2 Å². The summed E-state index contributed by atoms with van der Waals surface area (Å²) in [6, 6.07) is 10.8. The van der Waals surface area contributed by atoms with Crippen LogP contribution in [0.2, 0.25) is 0 Å². The van der Waals surface area contributed by atoms with E-state index in [0.29, 0.717) is 11.4 Å². The van der Waals surface area contributed by atoms with Crippen LogP contribution in [0, 0.1) is 30.4 Å². The number of nitrogens with zero attached hydrogens (tertiary/aromatic N) is 2. The van der Waals surface area contributed by atoms with Crippen molar-refractivity contribution in [1.82, 2.24) is 9.97 Å². The van der Waals surface area contributed by atoms with Crippen molar-refractivity contribution in [3.05, 3.63) is 89.2 Å². The Hall–Kier alpha value is -4.32. The van der Waals surface area contributed by atoms with Gasteiger partial charge in [0.15, 0.2) is 5.82 Å². The smallest absolute Gasteiger partial charge is 0.423 e. The molecule has 0 amide bonds. The van der Waals surface area contributed by atoms with Gasteiger partial charge < -0.3 is 4.74 Å². The molecule has 0 saturated carbocycles. The number of hydrogen-bond acceptors (Lipinski definition) is 4. The number of fused-ring (bicyclic) bond motifs is 1. The molecule has 4 aromatic rings.